The summed E-state index contributed by atoms with van der Waals surface area (Å²) in [6, 6.07) is 5.27. The van der Waals surface area contributed by atoms with Crippen LogP contribution < -0.4 is 5.73 Å². The van der Waals surface area contributed by atoms with E-state index in [9.17, 15) is 4.79 Å². The number of benzene rings is 1. The Balaban J connectivity index is 1.81. The Labute approximate surface area is 108 Å². The van der Waals surface area contributed by atoms with Crippen molar-refractivity contribution in [2.75, 3.05) is 32.0 Å². The van der Waals surface area contributed by atoms with Gasteiger partial charge in [0.1, 0.15) is 6.61 Å². The van der Waals surface area contributed by atoms with Gasteiger partial charge in [-0.25, -0.2) is 4.79 Å². The highest BCUT2D eigenvalue weighted by Crippen LogP contribution is 2.14. The largest absolute Gasteiger partial charge is 0.461 e. The lowest BCUT2D eigenvalue weighted by molar-refractivity contribution is 0.0472. The van der Waals surface area contributed by atoms with Crippen molar-refractivity contribution in [1.82, 2.24) is 4.90 Å². The third-order valence-corrected chi connectivity index (χ3v) is 3.35. The minimum atomic E-state index is -0.291. The normalized spacial score (nSPS) is 15.8. The second-order valence-electron chi connectivity index (χ2n) is 4.76. The number of carbonyl (C=O) groups is 1. The summed E-state index contributed by atoms with van der Waals surface area (Å²) >= 11 is 0. The first-order valence-corrected chi connectivity index (χ1v) is 6.42. The number of hydrogen-bond donors (Lipinski definition) is 1. The lowest BCUT2D eigenvalue weighted by atomic mass is 10.1. The summed E-state index contributed by atoms with van der Waals surface area (Å²) in [6.07, 6.45) is 2.50. The molecule has 0 aromatic heterocycles. The highest BCUT2D eigenvalue weighted by atomic mass is 16.5. The molecule has 98 valence electrons. The van der Waals surface area contributed by atoms with Crippen molar-refractivity contribution in [2.45, 2.75) is 19.8 Å². The average molecular weight is 248 g/mol. The quantitative estimate of drug-likeness (QED) is 0.652. The number of nitrogen functional groups attached to an aromatic ring is 1. The van der Waals surface area contributed by atoms with E-state index in [4.69, 9.17) is 10.5 Å². The van der Waals surface area contributed by atoms with Gasteiger partial charge in [0.15, 0.2) is 0 Å². The molecular weight excluding hydrogens is 228 g/mol. The van der Waals surface area contributed by atoms with Gasteiger partial charge in [-0.05, 0) is 50.6 Å². The fourth-order valence-corrected chi connectivity index (χ4v) is 2.12. The molecule has 0 saturated carbocycles. The molecule has 0 radical (unpaired) electrons. The number of esters is 1. The van der Waals surface area contributed by atoms with E-state index >= 15 is 0 Å². The van der Waals surface area contributed by atoms with Gasteiger partial charge >= 0.3 is 5.97 Å². The summed E-state index contributed by atoms with van der Waals surface area (Å²) in [6.45, 7) is 5.43. The van der Waals surface area contributed by atoms with E-state index in [-0.39, 0.29) is 5.97 Å². The van der Waals surface area contributed by atoms with Crippen LogP contribution in [-0.2, 0) is 4.74 Å². The van der Waals surface area contributed by atoms with Crippen LogP contribution in [0.5, 0.6) is 0 Å². The number of carbonyl (C=O) groups excluding carboxylic acids is 1. The second-order valence-corrected chi connectivity index (χ2v) is 4.76. The molecule has 1 aliphatic heterocycles. The standard InChI is InChI=1S/C14H20N2O2/c1-11-4-5-12(10-13(11)15)14(17)18-9-8-16-6-2-3-7-16/h4-5,10H,2-3,6-9,15H2,1H3. The number of hydrogen-bond acceptors (Lipinski definition) is 4. The van der Waals surface area contributed by atoms with Crippen molar-refractivity contribution in [3.8, 4) is 0 Å². The molecule has 1 heterocycles. The highest BCUT2D eigenvalue weighted by molar-refractivity contribution is 5.90. The van der Waals surface area contributed by atoms with Gasteiger partial charge in [-0.3, -0.25) is 4.90 Å². The van der Waals surface area contributed by atoms with Gasteiger partial charge in [-0.1, -0.05) is 6.07 Å². The van der Waals surface area contributed by atoms with Crippen LogP contribution in [0.15, 0.2) is 18.2 Å². The summed E-state index contributed by atoms with van der Waals surface area (Å²) in [5.74, 6) is -0.291. The smallest absolute Gasteiger partial charge is 0.338 e. The van der Waals surface area contributed by atoms with Crippen LogP contribution in [0.3, 0.4) is 0 Å². The van der Waals surface area contributed by atoms with Gasteiger partial charge < -0.3 is 10.5 Å². The van der Waals surface area contributed by atoms with Crippen LogP contribution in [0.25, 0.3) is 0 Å². The molecule has 0 aliphatic carbocycles. The van der Waals surface area contributed by atoms with Crippen molar-refractivity contribution in [1.29, 1.82) is 0 Å². The first-order chi connectivity index (χ1) is 8.66. The lowest BCUT2D eigenvalue weighted by Gasteiger charge is -2.14. The summed E-state index contributed by atoms with van der Waals surface area (Å²) < 4.78 is 5.25. The van der Waals surface area contributed by atoms with Crippen LogP contribution >= 0.6 is 0 Å². The molecule has 2 N–H and O–H groups in total. The topological polar surface area (TPSA) is 55.6 Å². The van der Waals surface area contributed by atoms with Gasteiger partial charge in [-0.2, -0.15) is 0 Å². The van der Waals surface area contributed by atoms with Crippen molar-refractivity contribution in [2.24, 2.45) is 0 Å². The number of aryl methyl sites for hydroxylation is 1. The lowest BCUT2D eigenvalue weighted by Crippen LogP contribution is -2.25. The summed E-state index contributed by atoms with van der Waals surface area (Å²) in [4.78, 5) is 14.1. The number of nitrogens with two attached hydrogens (primary N) is 1. The number of rotatable bonds is 4. The summed E-state index contributed by atoms with van der Waals surface area (Å²) in [5.41, 5.74) is 7.90. The first kappa shape index (κ1) is 12.9. The predicted molar refractivity (Wildman–Crippen MR) is 71.5 cm³/mol. The Morgan fingerprint density at radius 2 is 2.11 bits per heavy atom. The highest BCUT2D eigenvalue weighted by Gasteiger charge is 2.13. The maximum atomic E-state index is 11.8. The Morgan fingerprint density at radius 3 is 2.78 bits per heavy atom. The van der Waals surface area contributed by atoms with Gasteiger partial charge in [-0.15, -0.1) is 0 Å². The summed E-state index contributed by atoms with van der Waals surface area (Å²) in [5, 5.41) is 0. The van der Waals surface area contributed by atoms with E-state index in [1.54, 1.807) is 12.1 Å². The molecule has 1 saturated heterocycles. The van der Waals surface area contributed by atoms with Crippen LogP contribution in [-0.4, -0.2) is 37.1 Å². The zero-order chi connectivity index (χ0) is 13.0. The second kappa shape index (κ2) is 5.87. The molecule has 1 aromatic carbocycles. The maximum absolute atomic E-state index is 11.8. The third-order valence-electron chi connectivity index (χ3n) is 3.35. The van der Waals surface area contributed by atoms with E-state index < -0.39 is 0 Å². The van der Waals surface area contributed by atoms with Crippen LogP contribution in [0.4, 0.5) is 5.69 Å². The zero-order valence-electron chi connectivity index (χ0n) is 10.8. The van der Waals surface area contributed by atoms with Crippen LogP contribution in [0, 0.1) is 6.92 Å². The van der Waals surface area contributed by atoms with E-state index in [1.165, 1.54) is 12.8 Å². The van der Waals surface area contributed by atoms with E-state index in [2.05, 4.69) is 4.90 Å². The number of likely N-dealkylation sites (tertiary alicyclic amines) is 1. The minimum Gasteiger partial charge on any atom is -0.461 e. The molecule has 0 spiro atoms. The Kier molecular flexibility index (Phi) is 4.20. The molecule has 4 nitrogen and oxygen atoms in total. The average Bonchev–Trinajstić information content (AvgIpc) is 2.85. The Hall–Kier alpha value is -1.55. The molecule has 4 heteroatoms. The number of ether oxygens (including phenoxy) is 1. The molecule has 0 bridgehead atoms. The van der Waals surface area contributed by atoms with Crippen LogP contribution in [0.1, 0.15) is 28.8 Å². The van der Waals surface area contributed by atoms with Crippen molar-refractivity contribution < 1.29 is 9.53 Å². The molecule has 18 heavy (non-hydrogen) atoms. The molecule has 2 rings (SSSR count). The van der Waals surface area contributed by atoms with Gasteiger partial charge in [0, 0.05) is 12.2 Å². The molecule has 1 aliphatic rings. The number of nitrogens with zero attached hydrogens (tertiary/aromatic N) is 1. The zero-order valence-corrected chi connectivity index (χ0v) is 10.8. The molecule has 1 aromatic rings. The monoisotopic (exact) mass is 248 g/mol. The van der Waals surface area contributed by atoms with Crippen molar-refractivity contribution in [3.05, 3.63) is 29.3 Å². The molecule has 0 unspecified atom stereocenters. The van der Waals surface area contributed by atoms with Crippen molar-refractivity contribution in [3.63, 3.8) is 0 Å². The predicted octanol–water partition coefficient (Wildman–Crippen LogP) is 1.83. The van der Waals surface area contributed by atoms with E-state index in [1.807, 2.05) is 13.0 Å². The third kappa shape index (κ3) is 3.23. The minimum absolute atomic E-state index is 0.291. The number of anilines is 1. The molecular formula is C14H20N2O2. The van der Waals surface area contributed by atoms with E-state index in [0.717, 1.165) is 25.2 Å². The van der Waals surface area contributed by atoms with Gasteiger partial charge in [0.25, 0.3) is 0 Å². The van der Waals surface area contributed by atoms with Crippen molar-refractivity contribution >= 4 is 11.7 Å². The summed E-state index contributed by atoms with van der Waals surface area (Å²) in [7, 11) is 0. The van der Waals surface area contributed by atoms with Crippen LogP contribution in [0.2, 0.25) is 0 Å². The van der Waals surface area contributed by atoms with Gasteiger partial charge in [0.05, 0.1) is 5.56 Å². The van der Waals surface area contributed by atoms with Gasteiger partial charge in [0.2, 0.25) is 0 Å². The SMILES string of the molecule is Cc1ccc(C(=O)OCCN2CCCC2)cc1N. The maximum Gasteiger partial charge on any atom is 0.338 e. The fraction of sp³-hybridized carbons (Fsp3) is 0.500. The molecule has 1 fully saturated rings. The van der Waals surface area contributed by atoms with E-state index in [0.29, 0.717) is 17.9 Å². The Bertz CT molecular complexity index is 426. The fourth-order valence-electron chi connectivity index (χ4n) is 2.12. The first-order valence-electron chi connectivity index (χ1n) is 6.42. The molecule has 0 amide bonds. The Morgan fingerprint density at radius 1 is 1.39 bits per heavy atom. The molecule has 0 atom stereocenters.